The van der Waals surface area contributed by atoms with Gasteiger partial charge in [-0.3, -0.25) is 0 Å². The Labute approximate surface area is 107 Å². The molecule has 0 aliphatic carbocycles. The van der Waals surface area contributed by atoms with E-state index < -0.39 is 0 Å². The highest BCUT2D eigenvalue weighted by molar-refractivity contribution is 4.99. The van der Waals surface area contributed by atoms with Gasteiger partial charge in [0.25, 0.3) is 0 Å². The summed E-state index contributed by atoms with van der Waals surface area (Å²) in [6, 6.07) is 1.25. The highest BCUT2D eigenvalue weighted by atomic mass is 15.1. The van der Waals surface area contributed by atoms with Gasteiger partial charge < -0.3 is 16.0 Å². The molecule has 1 fully saturated rings. The van der Waals surface area contributed by atoms with Crippen LogP contribution in [0.1, 0.15) is 53.9 Å². The van der Waals surface area contributed by atoms with Crippen LogP contribution in [0.25, 0.3) is 0 Å². The molecule has 0 aromatic rings. The van der Waals surface area contributed by atoms with E-state index in [1.165, 1.54) is 19.3 Å². The van der Waals surface area contributed by atoms with Crippen molar-refractivity contribution < 1.29 is 0 Å². The van der Waals surface area contributed by atoms with Crippen molar-refractivity contribution in [2.45, 2.75) is 77.0 Å². The predicted octanol–water partition coefficient (Wildman–Crippen LogP) is 1.88. The third-order valence-corrected chi connectivity index (χ3v) is 3.69. The smallest absolute Gasteiger partial charge is 0.0144 e. The second kappa shape index (κ2) is 5.68. The summed E-state index contributed by atoms with van der Waals surface area (Å²) in [6.07, 6.45) is 3.62. The van der Waals surface area contributed by atoms with Crippen LogP contribution in [0.3, 0.4) is 0 Å². The third kappa shape index (κ3) is 5.36. The fourth-order valence-corrected chi connectivity index (χ4v) is 3.11. The lowest BCUT2D eigenvalue weighted by atomic mass is 9.79. The van der Waals surface area contributed by atoms with E-state index >= 15 is 0 Å². The van der Waals surface area contributed by atoms with E-state index in [1.807, 2.05) is 7.05 Å². The van der Waals surface area contributed by atoms with Crippen molar-refractivity contribution in [1.82, 2.24) is 16.0 Å². The summed E-state index contributed by atoms with van der Waals surface area (Å²) in [6.45, 7) is 12.6. The molecule has 0 bridgehead atoms. The molecule has 102 valence electrons. The Balaban J connectivity index is 2.38. The summed E-state index contributed by atoms with van der Waals surface area (Å²) in [4.78, 5) is 0. The topological polar surface area (TPSA) is 36.1 Å². The normalized spacial score (nSPS) is 25.8. The first kappa shape index (κ1) is 14.9. The van der Waals surface area contributed by atoms with Crippen molar-refractivity contribution >= 4 is 0 Å². The number of nitrogens with one attached hydrogen (secondary N) is 3. The van der Waals surface area contributed by atoms with Crippen molar-refractivity contribution in [3.8, 4) is 0 Å². The quantitative estimate of drug-likeness (QED) is 0.688. The molecule has 0 aromatic heterocycles. The minimum Gasteiger partial charge on any atom is -0.317 e. The Kier molecular flexibility index (Phi) is 4.99. The molecule has 0 aromatic carbocycles. The molecule has 1 saturated heterocycles. The molecule has 1 heterocycles. The van der Waals surface area contributed by atoms with Crippen LogP contribution in [-0.2, 0) is 0 Å². The van der Waals surface area contributed by atoms with Gasteiger partial charge in [-0.25, -0.2) is 0 Å². The lowest BCUT2D eigenvalue weighted by molar-refractivity contribution is 0.146. The summed E-state index contributed by atoms with van der Waals surface area (Å²) in [7, 11) is 2.03. The summed E-state index contributed by atoms with van der Waals surface area (Å²) in [5.41, 5.74) is 0.488. The zero-order valence-corrected chi connectivity index (χ0v) is 12.5. The van der Waals surface area contributed by atoms with Crippen molar-refractivity contribution in [3.63, 3.8) is 0 Å². The Morgan fingerprint density at radius 3 is 2.18 bits per heavy atom. The number of piperidine rings is 1. The molecule has 17 heavy (non-hydrogen) atoms. The van der Waals surface area contributed by atoms with E-state index in [0.29, 0.717) is 12.1 Å². The van der Waals surface area contributed by atoms with Gasteiger partial charge in [-0.1, -0.05) is 0 Å². The first-order chi connectivity index (χ1) is 7.74. The number of hydrogen-bond acceptors (Lipinski definition) is 3. The number of hydrogen-bond donors (Lipinski definition) is 3. The van der Waals surface area contributed by atoms with Crippen LogP contribution >= 0.6 is 0 Å². The minimum absolute atomic E-state index is 0.244. The minimum atomic E-state index is 0.244. The van der Waals surface area contributed by atoms with Crippen molar-refractivity contribution in [1.29, 1.82) is 0 Å². The SMILES string of the molecule is CNC(C)CCNC1CC(C)(C)NC(C)(C)C1. The molecule has 1 aliphatic rings. The van der Waals surface area contributed by atoms with Gasteiger partial charge in [-0.15, -0.1) is 0 Å². The van der Waals surface area contributed by atoms with Gasteiger partial charge in [0.1, 0.15) is 0 Å². The molecule has 3 nitrogen and oxygen atoms in total. The summed E-state index contributed by atoms with van der Waals surface area (Å²) in [5.74, 6) is 0. The molecular formula is C14H31N3. The summed E-state index contributed by atoms with van der Waals surface area (Å²) in [5, 5.41) is 10.7. The van der Waals surface area contributed by atoms with Crippen LogP contribution in [0.2, 0.25) is 0 Å². The van der Waals surface area contributed by atoms with Gasteiger partial charge in [0.15, 0.2) is 0 Å². The molecular weight excluding hydrogens is 210 g/mol. The molecule has 0 spiro atoms. The molecule has 3 N–H and O–H groups in total. The predicted molar refractivity (Wildman–Crippen MR) is 75.5 cm³/mol. The van der Waals surface area contributed by atoms with E-state index in [9.17, 15) is 0 Å². The van der Waals surface area contributed by atoms with E-state index in [4.69, 9.17) is 0 Å². The fraction of sp³-hybridized carbons (Fsp3) is 1.00. The maximum Gasteiger partial charge on any atom is 0.0144 e. The standard InChI is InChI=1S/C14H31N3/c1-11(15-6)7-8-16-12-9-13(2,3)17-14(4,5)10-12/h11-12,15-17H,7-10H2,1-6H3. The van der Waals surface area contributed by atoms with Crippen LogP contribution < -0.4 is 16.0 Å². The van der Waals surface area contributed by atoms with E-state index in [-0.39, 0.29) is 11.1 Å². The van der Waals surface area contributed by atoms with Gasteiger partial charge in [0, 0.05) is 23.2 Å². The van der Waals surface area contributed by atoms with Gasteiger partial charge in [0.05, 0.1) is 0 Å². The molecule has 1 rings (SSSR count). The van der Waals surface area contributed by atoms with Crippen LogP contribution in [0.5, 0.6) is 0 Å². The Morgan fingerprint density at radius 2 is 1.71 bits per heavy atom. The Bertz CT molecular complexity index is 220. The second-order valence-corrected chi connectivity index (χ2v) is 6.93. The lowest BCUT2D eigenvalue weighted by Gasteiger charge is -2.46. The highest BCUT2D eigenvalue weighted by Gasteiger charge is 2.37. The van der Waals surface area contributed by atoms with Gasteiger partial charge in [-0.2, -0.15) is 0 Å². The first-order valence-electron chi connectivity index (χ1n) is 6.94. The maximum atomic E-state index is 3.72. The zero-order valence-electron chi connectivity index (χ0n) is 12.5. The fourth-order valence-electron chi connectivity index (χ4n) is 3.11. The zero-order chi connectivity index (χ0) is 13.1. The number of rotatable bonds is 5. The molecule has 1 atom stereocenters. The molecule has 3 heteroatoms. The van der Waals surface area contributed by atoms with Crippen LogP contribution in [0.15, 0.2) is 0 Å². The summed E-state index contributed by atoms with van der Waals surface area (Å²) < 4.78 is 0. The maximum absolute atomic E-state index is 3.72. The monoisotopic (exact) mass is 241 g/mol. The van der Waals surface area contributed by atoms with Crippen molar-refractivity contribution in [3.05, 3.63) is 0 Å². The average molecular weight is 241 g/mol. The highest BCUT2D eigenvalue weighted by Crippen LogP contribution is 2.28. The molecule has 0 saturated carbocycles. The van der Waals surface area contributed by atoms with Crippen molar-refractivity contribution in [2.75, 3.05) is 13.6 Å². The lowest BCUT2D eigenvalue weighted by Crippen LogP contribution is -2.61. The van der Waals surface area contributed by atoms with Crippen LogP contribution in [-0.4, -0.2) is 36.8 Å². The molecule has 0 amide bonds. The Morgan fingerprint density at radius 1 is 1.18 bits per heavy atom. The van der Waals surface area contributed by atoms with E-state index in [1.54, 1.807) is 0 Å². The molecule has 1 unspecified atom stereocenters. The molecule has 1 aliphatic heterocycles. The molecule has 0 radical (unpaired) electrons. The Hall–Kier alpha value is -0.120. The van der Waals surface area contributed by atoms with Crippen molar-refractivity contribution in [2.24, 2.45) is 0 Å². The van der Waals surface area contributed by atoms with Crippen LogP contribution in [0, 0.1) is 0 Å². The third-order valence-electron chi connectivity index (χ3n) is 3.69. The van der Waals surface area contributed by atoms with E-state index in [2.05, 4.69) is 50.6 Å². The second-order valence-electron chi connectivity index (χ2n) is 6.93. The summed E-state index contributed by atoms with van der Waals surface area (Å²) >= 11 is 0. The van der Waals surface area contributed by atoms with Gasteiger partial charge in [-0.05, 0) is 67.5 Å². The van der Waals surface area contributed by atoms with Gasteiger partial charge in [0.2, 0.25) is 0 Å². The van der Waals surface area contributed by atoms with Crippen LogP contribution in [0.4, 0.5) is 0 Å². The van der Waals surface area contributed by atoms with Gasteiger partial charge >= 0.3 is 0 Å². The first-order valence-corrected chi connectivity index (χ1v) is 6.94. The average Bonchev–Trinajstić information content (AvgIpc) is 2.12. The van der Waals surface area contributed by atoms with E-state index in [0.717, 1.165) is 6.54 Å². The largest absolute Gasteiger partial charge is 0.317 e.